The summed E-state index contributed by atoms with van der Waals surface area (Å²) in [6.07, 6.45) is 54.0. The zero-order valence-corrected chi connectivity index (χ0v) is 38.6. The van der Waals surface area contributed by atoms with Gasteiger partial charge in [0.1, 0.15) is 24.4 Å². The highest BCUT2D eigenvalue weighted by molar-refractivity contribution is 5.76. The molecule has 1 saturated heterocycles. The van der Waals surface area contributed by atoms with Crippen molar-refractivity contribution >= 4 is 5.91 Å². The molecule has 0 saturated carbocycles. The number of hydrogen-bond acceptors (Lipinski definition) is 8. The first-order chi connectivity index (χ1) is 30.3. The van der Waals surface area contributed by atoms with Gasteiger partial charge in [-0.25, -0.2) is 0 Å². The fourth-order valence-corrected chi connectivity index (χ4v) is 6.81. The molecule has 0 bridgehead atoms. The second-order valence-corrected chi connectivity index (χ2v) is 16.2. The van der Waals surface area contributed by atoms with Crippen molar-refractivity contribution in [2.45, 2.75) is 204 Å². The fraction of sp³-hybridized carbons (Fsp3) is 0.642. The largest absolute Gasteiger partial charge is 0.394 e. The van der Waals surface area contributed by atoms with Gasteiger partial charge in [-0.15, -0.1) is 0 Å². The molecule has 1 amide bonds. The van der Waals surface area contributed by atoms with Crippen LogP contribution in [0.2, 0.25) is 0 Å². The number of hydrogen-bond donors (Lipinski definition) is 6. The summed E-state index contributed by atoms with van der Waals surface area (Å²) < 4.78 is 11.2. The Hall–Kier alpha value is -3.15. The zero-order chi connectivity index (χ0) is 45.1. The Kier molecular flexibility index (Phi) is 38.4. The summed E-state index contributed by atoms with van der Waals surface area (Å²) >= 11 is 0. The van der Waals surface area contributed by atoms with Crippen molar-refractivity contribution in [3.05, 3.63) is 109 Å². The molecule has 1 aliphatic heterocycles. The maximum Gasteiger partial charge on any atom is 0.220 e. The van der Waals surface area contributed by atoms with E-state index in [0.717, 1.165) is 83.5 Å². The number of carbonyl (C=O) groups excluding carboxylic acids is 1. The summed E-state index contributed by atoms with van der Waals surface area (Å²) in [6, 6.07) is -0.756. The highest BCUT2D eigenvalue weighted by Crippen LogP contribution is 2.23. The van der Waals surface area contributed by atoms with Crippen LogP contribution in [-0.4, -0.2) is 87.5 Å². The first-order valence-electron chi connectivity index (χ1n) is 24.1. The van der Waals surface area contributed by atoms with Crippen molar-refractivity contribution in [1.29, 1.82) is 0 Å². The maximum absolute atomic E-state index is 12.9. The van der Waals surface area contributed by atoms with E-state index < -0.39 is 49.5 Å². The number of allylic oxidation sites excluding steroid dienone is 18. The Bertz CT molecular complexity index is 1330. The van der Waals surface area contributed by atoms with Gasteiger partial charge < -0.3 is 40.3 Å². The standard InChI is InChI=1S/C53H87NO8/c1-3-5-7-9-11-13-15-16-17-18-19-20-21-22-23-24-25-26-27-28-29-30-31-32-33-35-37-39-41-43-49(57)54-46(45-61-53-52(60)51(59)50(58)48(44-55)62-53)47(56)42-40-38-36-34-14-12-10-8-6-4-2/h5,7,11,13,16-17,19-20,22-23,25-26,28-29,31-32,35,37,46-48,50-53,55-56,58-60H,3-4,6,8-10,12,14-15,18,21,24,27,30,33-34,36,38-45H2,1-2H3,(H,54,57)/b7-5-,13-11-,17-16-,20-19-,23-22-,26-25-,29-28-,32-31-,37-35-. The van der Waals surface area contributed by atoms with Crippen molar-refractivity contribution in [3.63, 3.8) is 0 Å². The highest BCUT2D eigenvalue weighted by atomic mass is 16.7. The van der Waals surface area contributed by atoms with Crippen molar-refractivity contribution in [2.24, 2.45) is 0 Å². The number of aliphatic hydroxyl groups excluding tert-OH is 5. The summed E-state index contributed by atoms with van der Waals surface area (Å²) in [5.41, 5.74) is 0. The van der Waals surface area contributed by atoms with Crippen LogP contribution in [0, 0.1) is 0 Å². The number of ether oxygens (including phenoxy) is 2. The molecule has 0 radical (unpaired) electrons. The SMILES string of the molecule is CC/C=C\C/C=C\C/C=C\C/C=C\C/C=C\C/C=C\C/C=C\C/C=C\C/C=C\CCCC(=O)NC(COC1OC(CO)C(O)C(O)C1O)C(O)CCCCCCCCCCCC. The van der Waals surface area contributed by atoms with Crippen LogP contribution in [0.4, 0.5) is 0 Å². The molecule has 352 valence electrons. The number of amides is 1. The van der Waals surface area contributed by atoms with E-state index in [1.165, 1.54) is 44.9 Å². The van der Waals surface area contributed by atoms with Gasteiger partial charge in [0.25, 0.3) is 0 Å². The topological polar surface area (TPSA) is 149 Å². The lowest BCUT2D eigenvalue weighted by Gasteiger charge is -2.40. The smallest absolute Gasteiger partial charge is 0.220 e. The van der Waals surface area contributed by atoms with E-state index in [1.54, 1.807) is 0 Å². The van der Waals surface area contributed by atoms with Gasteiger partial charge in [-0.3, -0.25) is 4.79 Å². The lowest BCUT2D eigenvalue weighted by Crippen LogP contribution is -2.60. The predicted molar refractivity (Wildman–Crippen MR) is 257 cm³/mol. The van der Waals surface area contributed by atoms with Gasteiger partial charge in [0, 0.05) is 6.42 Å². The zero-order valence-electron chi connectivity index (χ0n) is 38.6. The van der Waals surface area contributed by atoms with E-state index in [2.05, 4.69) is 129 Å². The Labute approximate surface area is 376 Å². The molecular formula is C53H87NO8. The van der Waals surface area contributed by atoms with E-state index >= 15 is 0 Å². The average Bonchev–Trinajstić information content (AvgIpc) is 3.27. The molecule has 1 fully saturated rings. The Balaban J connectivity index is 2.30. The second-order valence-electron chi connectivity index (χ2n) is 16.2. The third-order valence-electron chi connectivity index (χ3n) is 10.6. The highest BCUT2D eigenvalue weighted by Gasteiger charge is 2.44. The van der Waals surface area contributed by atoms with E-state index in [0.29, 0.717) is 12.8 Å². The van der Waals surface area contributed by atoms with E-state index in [1.807, 2.05) is 0 Å². The second kappa shape index (κ2) is 41.8. The Morgan fingerprint density at radius 3 is 1.42 bits per heavy atom. The van der Waals surface area contributed by atoms with E-state index in [4.69, 9.17) is 9.47 Å². The van der Waals surface area contributed by atoms with Gasteiger partial charge in [0.05, 0.1) is 25.4 Å². The molecule has 1 heterocycles. The van der Waals surface area contributed by atoms with Crippen LogP contribution in [0.15, 0.2) is 109 Å². The minimum atomic E-state index is -1.57. The lowest BCUT2D eigenvalue weighted by molar-refractivity contribution is -0.302. The van der Waals surface area contributed by atoms with Gasteiger partial charge in [0.2, 0.25) is 5.91 Å². The molecule has 0 aromatic rings. The third-order valence-corrected chi connectivity index (χ3v) is 10.6. The molecule has 1 aliphatic rings. The summed E-state index contributed by atoms with van der Waals surface area (Å²) in [4.78, 5) is 12.9. The number of nitrogens with one attached hydrogen (secondary N) is 1. The van der Waals surface area contributed by atoms with Crippen LogP contribution < -0.4 is 5.32 Å². The van der Waals surface area contributed by atoms with Crippen LogP contribution in [0.1, 0.15) is 162 Å². The monoisotopic (exact) mass is 866 g/mol. The van der Waals surface area contributed by atoms with Gasteiger partial charge in [-0.05, 0) is 77.0 Å². The minimum Gasteiger partial charge on any atom is -0.394 e. The molecule has 0 aromatic heterocycles. The average molecular weight is 866 g/mol. The van der Waals surface area contributed by atoms with Crippen LogP contribution in [0.25, 0.3) is 0 Å². The Morgan fingerprint density at radius 2 is 0.984 bits per heavy atom. The number of aliphatic hydroxyl groups is 5. The van der Waals surface area contributed by atoms with Crippen LogP contribution in [0.5, 0.6) is 0 Å². The quantitative estimate of drug-likeness (QED) is 0.0265. The number of unbranched alkanes of at least 4 members (excludes halogenated alkanes) is 10. The van der Waals surface area contributed by atoms with Crippen LogP contribution in [0.3, 0.4) is 0 Å². The van der Waals surface area contributed by atoms with Gasteiger partial charge in [0.15, 0.2) is 6.29 Å². The first kappa shape index (κ1) is 56.9. The molecule has 9 nitrogen and oxygen atoms in total. The van der Waals surface area contributed by atoms with Gasteiger partial charge in [-0.1, -0.05) is 187 Å². The van der Waals surface area contributed by atoms with Crippen molar-refractivity contribution in [2.75, 3.05) is 13.2 Å². The minimum absolute atomic E-state index is 0.169. The molecule has 6 N–H and O–H groups in total. The number of rotatable bonds is 38. The van der Waals surface area contributed by atoms with Crippen LogP contribution in [-0.2, 0) is 14.3 Å². The third kappa shape index (κ3) is 31.7. The fourth-order valence-electron chi connectivity index (χ4n) is 6.81. The van der Waals surface area contributed by atoms with Crippen LogP contribution >= 0.6 is 0 Å². The molecule has 0 spiro atoms. The molecule has 9 heteroatoms. The summed E-state index contributed by atoms with van der Waals surface area (Å²) in [5.74, 6) is -0.210. The van der Waals surface area contributed by atoms with E-state index in [-0.39, 0.29) is 18.9 Å². The predicted octanol–water partition coefficient (Wildman–Crippen LogP) is 10.7. The molecular weight excluding hydrogens is 779 g/mol. The maximum atomic E-state index is 12.9. The molecule has 62 heavy (non-hydrogen) atoms. The van der Waals surface area contributed by atoms with E-state index in [9.17, 15) is 30.3 Å². The Morgan fingerprint density at radius 1 is 0.565 bits per heavy atom. The molecule has 7 atom stereocenters. The first-order valence-corrected chi connectivity index (χ1v) is 24.1. The summed E-state index contributed by atoms with van der Waals surface area (Å²) in [6.45, 7) is 3.64. The van der Waals surface area contributed by atoms with Crippen molar-refractivity contribution < 1.29 is 39.8 Å². The summed E-state index contributed by atoms with van der Waals surface area (Å²) in [7, 11) is 0. The molecule has 7 unspecified atom stereocenters. The molecule has 0 aliphatic carbocycles. The number of carbonyl (C=O) groups is 1. The van der Waals surface area contributed by atoms with Gasteiger partial charge >= 0.3 is 0 Å². The molecule has 0 aromatic carbocycles. The lowest BCUT2D eigenvalue weighted by atomic mass is 9.99. The van der Waals surface area contributed by atoms with Crippen molar-refractivity contribution in [3.8, 4) is 0 Å². The van der Waals surface area contributed by atoms with Crippen molar-refractivity contribution in [1.82, 2.24) is 5.32 Å². The summed E-state index contributed by atoms with van der Waals surface area (Å²) in [5, 5.41) is 54.2. The molecule has 1 rings (SSSR count). The normalized spacial score (nSPS) is 21.3. The van der Waals surface area contributed by atoms with Gasteiger partial charge in [-0.2, -0.15) is 0 Å².